The Labute approximate surface area is 123 Å². The standard InChI is InChI=1S/C16H17ClFNO/c1-3-20-13-6-4-11(10-19-2)14(9-13)15-8-12(18)5-7-16(15)17/h4-9,19H,3,10H2,1-2H3. The maximum Gasteiger partial charge on any atom is 0.123 e. The van der Waals surface area contributed by atoms with Crippen molar-refractivity contribution in [2.24, 2.45) is 0 Å². The molecule has 2 aromatic carbocycles. The van der Waals surface area contributed by atoms with Crippen LogP contribution in [0.25, 0.3) is 11.1 Å². The third-order valence-electron chi connectivity index (χ3n) is 2.98. The maximum absolute atomic E-state index is 13.5. The van der Waals surface area contributed by atoms with Crippen molar-refractivity contribution in [1.29, 1.82) is 0 Å². The van der Waals surface area contributed by atoms with Gasteiger partial charge in [0.25, 0.3) is 0 Å². The van der Waals surface area contributed by atoms with Gasteiger partial charge in [-0.25, -0.2) is 4.39 Å². The van der Waals surface area contributed by atoms with E-state index in [0.717, 1.165) is 16.9 Å². The fraction of sp³-hybridized carbons (Fsp3) is 0.250. The second-order valence-electron chi connectivity index (χ2n) is 4.41. The molecule has 4 heteroatoms. The lowest BCUT2D eigenvalue weighted by Crippen LogP contribution is -2.07. The summed E-state index contributed by atoms with van der Waals surface area (Å²) in [6.07, 6.45) is 0. The lowest BCUT2D eigenvalue weighted by Gasteiger charge is -2.13. The fourth-order valence-corrected chi connectivity index (χ4v) is 2.33. The van der Waals surface area contributed by atoms with Crippen molar-refractivity contribution in [3.63, 3.8) is 0 Å². The summed E-state index contributed by atoms with van der Waals surface area (Å²) < 4.78 is 19.0. The summed E-state index contributed by atoms with van der Waals surface area (Å²) in [5, 5.41) is 3.63. The summed E-state index contributed by atoms with van der Waals surface area (Å²) in [5.41, 5.74) is 2.61. The minimum absolute atomic E-state index is 0.304. The average molecular weight is 294 g/mol. The highest BCUT2D eigenvalue weighted by Gasteiger charge is 2.11. The second kappa shape index (κ2) is 6.73. The second-order valence-corrected chi connectivity index (χ2v) is 4.81. The van der Waals surface area contributed by atoms with Gasteiger partial charge < -0.3 is 10.1 Å². The molecule has 2 aromatic rings. The van der Waals surface area contributed by atoms with E-state index in [0.29, 0.717) is 23.7 Å². The van der Waals surface area contributed by atoms with E-state index in [9.17, 15) is 4.39 Å². The molecule has 0 spiro atoms. The minimum Gasteiger partial charge on any atom is -0.494 e. The topological polar surface area (TPSA) is 21.3 Å². The Kier molecular flexibility index (Phi) is 4.99. The molecule has 2 nitrogen and oxygen atoms in total. The van der Waals surface area contributed by atoms with E-state index >= 15 is 0 Å². The Balaban J connectivity index is 2.56. The van der Waals surface area contributed by atoms with Gasteiger partial charge in [0.2, 0.25) is 0 Å². The molecule has 0 aliphatic rings. The molecule has 0 aliphatic heterocycles. The Morgan fingerprint density at radius 2 is 1.95 bits per heavy atom. The lowest BCUT2D eigenvalue weighted by molar-refractivity contribution is 0.340. The van der Waals surface area contributed by atoms with E-state index in [-0.39, 0.29) is 5.82 Å². The zero-order chi connectivity index (χ0) is 14.5. The molecular formula is C16H17ClFNO. The molecule has 0 saturated heterocycles. The van der Waals surface area contributed by atoms with Crippen molar-refractivity contribution >= 4 is 11.6 Å². The smallest absolute Gasteiger partial charge is 0.123 e. The summed E-state index contributed by atoms with van der Waals surface area (Å²) in [6, 6.07) is 10.2. The number of halogens is 2. The van der Waals surface area contributed by atoms with Gasteiger partial charge in [-0.15, -0.1) is 0 Å². The van der Waals surface area contributed by atoms with Crippen molar-refractivity contribution in [3.8, 4) is 16.9 Å². The largest absolute Gasteiger partial charge is 0.494 e. The highest BCUT2D eigenvalue weighted by molar-refractivity contribution is 6.33. The first kappa shape index (κ1) is 14.8. The molecular weight excluding hydrogens is 277 g/mol. The molecule has 0 aromatic heterocycles. The van der Waals surface area contributed by atoms with E-state index in [1.165, 1.54) is 12.1 Å². The third-order valence-corrected chi connectivity index (χ3v) is 3.31. The molecule has 0 atom stereocenters. The van der Waals surface area contributed by atoms with Crippen LogP contribution in [-0.4, -0.2) is 13.7 Å². The van der Waals surface area contributed by atoms with E-state index in [2.05, 4.69) is 5.32 Å². The SMILES string of the molecule is CCOc1ccc(CNC)c(-c2cc(F)ccc2Cl)c1. The Bertz CT molecular complexity index is 601. The normalized spacial score (nSPS) is 10.6. The van der Waals surface area contributed by atoms with Crippen LogP contribution in [0.1, 0.15) is 12.5 Å². The summed E-state index contributed by atoms with van der Waals surface area (Å²) >= 11 is 6.20. The van der Waals surface area contributed by atoms with Gasteiger partial charge in [0.1, 0.15) is 11.6 Å². The van der Waals surface area contributed by atoms with Crippen LogP contribution < -0.4 is 10.1 Å². The molecule has 0 aliphatic carbocycles. The fourth-order valence-electron chi connectivity index (χ4n) is 2.11. The van der Waals surface area contributed by atoms with Crippen LogP contribution in [0.4, 0.5) is 4.39 Å². The van der Waals surface area contributed by atoms with Crippen LogP contribution >= 0.6 is 11.6 Å². The summed E-state index contributed by atoms with van der Waals surface area (Å²) in [5.74, 6) is 0.448. The number of ether oxygens (including phenoxy) is 1. The molecule has 0 saturated carbocycles. The number of hydrogen-bond acceptors (Lipinski definition) is 2. The van der Waals surface area contributed by atoms with Crippen LogP contribution in [-0.2, 0) is 6.54 Å². The highest BCUT2D eigenvalue weighted by Crippen LogP contribution is 2.33. The molecule has 0 fully saturated rings. The van der Waals surface area contributed by atoms with Crippen LogP contribution in [0.15, 0.2) is 36.4 Å². The van der Waals surface area contributed by atoms with E-state index in [1.54, 1.807) is 6.07 Å². The Morgan fingerprint density at radius 1 is 1.15 bits per heavy atom. The van der Waals surface area contributed by atoms with Gasteiger partial charge in [-0.05, 0) is 55.4 Å². The van der Waals surface area contributed by atoms with Gasteiger partial charge in [-0.2, -0.15) is 0 Å². The van der Waals surface area contributed by atoms with Crippen molar-refractivity contribution in [2.75, 3.05) is 13.7 Å². The first-order chi connectivity index (χ1) is 9.65. The van der Waals surface area contributed by atoms with Crippen LogP contribution in [0, 0.1) is 5.82 Å². The zero-order valence-electron chi connectivity index (χ0n) is 11.5. The third kappa shape index (κ3) is 3.30. The predicted molar refractivity (Wildman–Crippen MR) is 80.8 cm³/mol. The van der Waals surface area contributed by atoms with E-state index in [4.69, 9.17) is 16.3 Å². The summed E-state index contributed by atoms with van der Waals surface area (Å²) in [4.78, 5) is 0. The minimum atomic E-state index is -0.304. The predicted octanol–water partition coefficient (Wildman–Crippen LogP) is 4.26. The van der Waals surface area contributed by atoms with Gasteiger partial charge in [-0.3, -0.25) is 0 Å². The van der Waals surface area contributed by atoms with Gasteiger partial charge in [-0.1, -0.05) is 17.7 Å². The van der Waals surface area contributed by atoms with E-state index in [1.807, 2.05) is 32.2 Å². The molecule has 0 heterocycles. The quantitative estimate of drug-likeness (QED) is 0.889. The Hall–Kier alpha value is -1.58. The highest BCUT2D eigenvalue weighted by atomic mass is 35.5. The first-order valence-corrected chi connectivity index (χ1v) is 6.89. The van der Waals surface area contributed by atoms with E-state index < -0.39 is 0 Å². The van der Waals surface area contributed by atoms with Crippen molar-refractivity contribution in [2.45, 2.75) is 13.5 Å². The van der Waals surface area contributed by atoms with Crippen LogP contribution in [0.2, 0.25) is 5.02 Å². The van der Waals surface area contributed by atoms with Crippen molar-refractivity contribution < 1.29 is 9.13 Å². The zero-order valence-corrected chi connectivity index (χ0v) is 12.3. The first-order valence-electron chi connectivity index (χ1n) is 6.51. The van der Waals surface area contributed by atoms with Crippen molar-refractivity contribution in [3.05, 3.63) is 52.8 Å². The van der Waals surface area contributed by atoms with Gasteiger partial charge >= 0.3 is 0 Å². The number of benzene rings is 2. The number of nitrogens with one attached hydrogen (secondary N) is 1. The molecule has 2 rings (SSSR count). The number of rotatable bonds is 5. The molecule has 0 amide bonds. The maximum atomic E-state index is 13.5. The number of hydrogen-bond donors (Lipinski definition) is 1. The van der Waals surface area contributed by atoms with Crippen LogP contribution in [0.5, 0.6) is 5.75 Å². The molecule has 1 N–H and O–H groups in total. The average Bonchev–Trinajstić information content (AvgIpc) is 2.44. The molecule has 106 valence electrons. The van der Waals surface area contributed by atoms with Gasteiger partial charge in [0, 0.05) is 17.1 Å². The molecule has 0 unspecified atom stereocenters. The summed E-state index contributed by atoms with van der Waals surface area (Å²) in [7, 11) is 1.87. The monoisotopic (exact) mass is 293 g/mol. The summed E-state index contributed by atoms with van der Waals surface area (Å²) in [6.45, 7) is 3.19. The molecule has 0 radical (unpaired) electrons. The molecule has 20 heavy (non-hydrogen) atoms. The lowest BCUT2D eigenvalue weighted by atomic mass is 9.99. The van der Waals surface area contributed by atoms with Gasteiger partial charge in [0.15, 0.2) is 0 Å². The van der Waals surface area contributed by atoms with Crippen LogP contribution in [0.3, 0.4) is 0 Å². The Morgan fingerprint density at radius 3 is 2.65 bits per heavy atom. The molecule has 0 bridgehead atoms. The van der Waals surface area contributed by atoms with Crippen molar-refractivity contribution in [1.82, 2.24) is 5.32 Å². The van der Waals surface area contributed by atoms with Gasteiger partial charge in [0.05, 0.1) is 6.61 Å².